The van der Waals surface area contributed by atoms with Gasteiger partial charge in [-0.25, -0.2) is 0 Å². The zero-order valence-electron chi connectivity index (χ0n) is 11.0. The largest absolute Gasteiger partial charge is 0.469 e. The summed E-state index contributed by atoms with van der Waals surface area (Å²) >= 11 is 0. The van der Waals surface area contributed by atoms with Crippen molar-refractivity contribution in [3.63, 3.8) is 0 Å². The molecule has 0 heterocycles. The third-order valence-corrected chi connectivity index (χ3v) is 3.25. The Morgan fingerprint density at radius 2 is 1.70 bits per heavy atom. The number of esters is 1. The van der Waals surface area contributed by atoms with Crippen molar-refractivity contribution in [2.45, 2.75) is 19.0 Å². The minimum absolute atomic E-state index is 0.378. The highest BCUT2D eigenvalue weighted by molar-refractivity contribution is 5.86. The molecular formula is C15H13F3O2. The Kier molecular flexibility index (Phi) is 3.70. The van der Waals surface area contributed by atoms with E-state index in [0.29, 0.717) is 16.3 Å². The number of carbonyl (C=O) groups excluding carboxylic acids is 1. The van der Waals surface area contributed by atoms with Crippen LogP contribution < -0.4 is 0 Å². The van der Waals surface area contributed by atoms with E-state index in [-0.39, 0.29) is 5.97 Å². The van der Waals surface area contributed by atoms with Crippen molar-refractivity contribution < 1.29 is 22.7 Å². The van der Waals surface area contributed by atoms with Crippen molar-refractivity contribution in [3.05, 3.63) is 47.5 Å². The number of fused-ring (bicyclic) bond motifs is 1. The molecule has 106 valence electrons. The Bertz CT molecular complexity index is 647. The maximum absolute atomic E-state index is 12.6. The molecule has 0 amide bonds. The van der Waals surface area contributed by atoms with Gasteiger partial charge in [0.2, 0.25) is 0 Å². The van der Waals surface area contributed by atoms with Gasteiger partial charge in [0.25, 0.3) is 0 Å². The Balaban J connectivity index is 2.44. The van der Waals surface area contributed by atoms with Crippen LogP contribution in [0.4, 0.5) is 13.2 Å². The molecule has 20 heavy (non-hydrogen) atoms. The van der Waals surface area contributed by atoms with E-state index in [1.54, 1.807) is 25.1 Å². The summed E-state index contributed by atoms with van der Waals surface area (Å²) < 4.78 is 42.5. The number of benzene rings is 2. The summed E-state index contributed by atoms with van der Waals surface area (Å²) in [5.41, 5.74) is 0.0304. The smallest absolute Gasteiger partial charge is 0.416 e. The van der Waals surface area contributed by atoms with E-state index in [1.807, 2.05) is 0 Å². The molecule has 0 spiro atoms. The number of alkyl halides is 3. The summed E-state index contributed by atoms with van der Waals surface area (Å²) in [5.74, 6) is -0.831. The number of hydrogen-bond donors (Lipinski definition) is 0. The Hall–Kier alpha value is -2.04. The maximum Gasteiger partial charge on any atom is 0.416 e. The molecule has 0 aromatic heterocycles. The number of methoxy groups -OCH3 is 1. The van der Waals surface area contributed by atoms with Crippen molar-refractivity contribution in [1.82, 2.24) is 0 Å². The first-order chi connectivity index (χ1) is 9.32. The van der Waals surface area contributed by atoms with Crippen LogP contribution in [0.5, 0.6) is 0 Å². The fourth-order valence-electron chi connectivity index (χ4n) is 2.02. The van der Waals surface area contributed by atoms with E-state index in [1.165, 1.54) is 13.2 Å². The third kappa shape index (κ3) is 2.76. The highest BCUT2D eigenvalue weighted by Gasteiger charge is 2.30. The lowest BCUT2D eigenvalue weighted by atomic mass is 9.97. The van der Waals surface area contributed by atoms with Gasteiger partial charge in [-0.1, -0.05) is 24.3 Å². The molecule has 2 nitrogen and oxygen atoms in total. The fourth-order valence-corrected chi connectivity index (χ4v) is 2.02. The average molecular weight is 282 g/mol. The predicted molar refractivity (Wildman–Crippen MR) is 69.4 cm³/mol. The molecule has 2 aromatic rings. The minimum atomic E-state index is -4.35. The van der Waals surface area contributed by atoms with Gasteiger partial charge in [0, 0.05) is 0 Å². The van der Waals surface area contributed by atoms with Crippen LogP contribution in [0.1, 0.15) is 24.0 Å². The summed E-state index contributed by atoms with van der Waals surface area (Å²) in [5, 5.41) is 1.15. The van der Waals surface area contributed by atoms with Crippen molar-refractivity contribution in [2.75, 3.05) is 7.11 Å². The molecule has 0 saturated carbocycles. The molecule has 1 unspecified atom stereocenters. The van der Waals surface area contributed by atoms with Crippen molar-refractivity contribution in [3.8, 4) is 0 Å². The molecule has 1 atom stereocenters. The second-order valence-corrected chi connectivity index (χ2v) is 4.56. The minimum Gasteiger partial charge on any atom is -0.469 e. The van der Waals surface area contributed by atoms with Crippen LogP contribution in [0.2, 0.25) is 0 Å². The molecule has 0 aliphatic heterocycles. The normalized spacial score (nSPS) is 13.2. The Labute approximate surface area is 114 Å². The van der Waals surface area contributed by atoms with Crippen LogP contribution in [0, 0.1) is 0 Å². The number of ether oxygens (including phenoxy) is 1. The molecule has 0 bridgehead atoms. The first kappa shape index (κ1) is 14.4. The van der Waals surface area contributed by atoms with Gasteiger partial charge >= 0.3 is 12.1 Å². The first-order valence-corrected chi connectivity index (χ1v) is 6.01. The van der Waals surface area contributed by atoms with Crippen LogP contribution in [-0.2, 0) is 15.7 Å². The lowest BCUT2D eigenvalue weighted by molar-refractivity contribution is -0.142. The molecule has 0 saturated heterocycles. The highest BCUT2D eigenvalue weighted by atomic mass is 19.4. The zero-order valence-corrected chi connectivity index (χ0v) is 11.0. The Morgan fingerprint density at radius 1 is 1.10 bits per heavy atom. The van der Waals surface area contributed by atoms with Crippen LogP contribution >= 0.6 is 0 Å². The zero-order chi connectivity index (χ0) is 14.9. The van der Waals surface area contributed by atoms with Crippen LogP contribution in [0.3, 0.4) is 0 Å². The maximum atomic E-state index is 12.6. The van der Waals surface area contributed by atoms with Gasteiger partial charge in [-0.2, -0.15) is 13.2 Å². The van der Waals surface area contributed by atoms with Gasteiger partial charge in [0.15, 0.2) is 0 Å². The number of rotatable bonds is 2. The van der Waals surface area contributed by atoms with Gasteiger partial charge in [-0.05, 0) is 35.4 Å². The van der Waals surface area contributed by atoms with Crippen LogP contribution in [0.15, 0.2) is 36.4 Å². The second-order valence-electron chi connectivity index (χ2n) is 4.56. The summed E-state index contributed by atoms with van der Waals surface area (Å²) in [7, 11) is 1.30. The monoisotopic (exact) mass is 282 g/mol. The molecule has 2 rings (SSSR count). The number of carbonyl (C=O) groups is 1. The van der Waals surface area contributed by atoms with Gasteiger partial charge < -0.3 is 4.74 Å². The van der Waals surface area contributed by atoms with E-state index >= 15 is 0 Å². The fraction of sp³-hybridized carbons (Fsp3) is 0.267. The van der Waals surface area contributed by atoms with Crippen molar-refractivity contribution in [2.24, 2.45) is 0 Å². The second kappa shape index (κ2) is 5.15. The van der Waals surface area contributed by atoms with Crippen LogP contribution in [-0.4, -0.2) is 13.1 Å². The molecular weight excluding hydrogens is 269 g/mol. The number of halogens is 3. The van der Waals surface area contributed by atoms with E-state index in [0.717, 1.165) is 12.1 Å². The summed E-state index contributed by atoms with van der Waals surface area (Å²) in [4.78, 5) is 11.5. The predicted octanol–water partition coefficient (Wildman–Crippen LogP) is 4.14. The van der Waals surface area contributed by atoms with Crippen molar-refractivity contribution >= 4 is 16.7 Å². The van der Waals surface area contributed by atoms with Crippen molar-refractivity contribution in [1.29, 1.82) is 0 Å². The Morgan fingerprint density at radius 3 is 2.30 bits per heavy atom. The lowest BCUT2D eigenvalue weighted by Crippen LogP contribution is -2.10. The standard InChI is InChI=1S/C15H13F3O2/c1-9(14(19)20-2)10-3-4-12-8-13(15(16,17)18)6-5-11(12)7-10/h3-9H,1-2H3. The summed E-state index contributed by atoms with van der Waals surface area (Å²) in [6.07, 6.45) is -4.35. The molecule has 2 aromatic carbocycles. The van der Waals surface area contributed by atoms with E-state index in [2.05, 4.69) is 4.74 Å². The topological polar surface area (TPSA) is 26.3 Å². The number of hydrogen-bond acceptors (Lipinski definition) is 2. The van der Waals surface area contributed by atoms with Crippen LogP contribution in [0.25, 0.3) is 10.8 Å². The molecule has 0 aliphatic rings. The first-order valence-electron chi connectivity index (χ1n) is 6.01. The SMILES string of the molecule is COC(=O)C(C)c1ccc2cc(C(F)(F)F)ccc2c1. The third-order valence-electron chi connectivity index (χ3n) is 3.25. The average Bonchev–Trinajstić information content (AvgIpc) is 2.43. The van der Waals surface area contributed by atoms with Gasteiger partial charge in [0.05, 0.1) is 18.6 Å². The van der Waals surface area contributed by atoms with Gasteiger partial charge in [0.1, 0.15) is 0 Å². The van der Waals surface area contributed by atoms with E-state index in [9.17, 15) is 18.0 Å². The van der Waals surface area contributed by atoms with Gasteiger partial charge in [-0.15, -0.1) is 0 Å². The summed E-state index contributed by atoms with van der Waals surface area (Å²) in [6.45, 7) is 1.69. The molecule has 0 radical (unpaired) electrons. The molecule has 0 aliphatic carbocycles. The highest BCUT2D eigenvalue weighted by Crippen LogP contribution is 2.32. The quantitative estimate of drug-likeness (QED) is 0.774. The van der Waals surface area contributed by atoms with E-state index < -0.39 is 17.7 Å². The van der Waals surface area contributed by atoms with E-state index in [4.69, 9.17) is 0 Å². The molecule has 5 heteroatoms. The molecule has 0 N–H and O–H groups in total. The molecule has 0 fully saturated rings. The lowest BCUT2D eigenvalue weighted by Gasteiger charge is -2.12. The summed E-state index contributed by atoms with van der Waals surface area (Å²) in [6, 6.07) is 8.48. The van der Waals surface area contributed by atoms with Gasteiger partial charge in [-0.3, -0.25) is 4.79 Å².